The predicted molar refractivity (Wildman–Crippen MR) is 69.9 cm³/mol. The van der Waals surface area contributed by atoms with Crippen molar-refractivity contribution in [3.05, 3.63) is 35.9 Å². The van der Waals surface area contributed by atoms with E-state index in [1.807, 2.05) is 18.2 Å². The van der Waals surface area contributed by atoms with Crippen LogP contribution < -0.4 is 0 Å². The number of carbonyl (C=O) groups is 1. The van der Waals surface area contributed by atoms with Crippen molar-refractivity contribution in [3.63, 3.8) is 0 Å². The van der Waals surface area contributed by atoms with Gasteiger partial charge in [0.2, 0.25) is 0 Å². The van der Waals surface area contributed by atoms with Crippen LogP contribution in [0.3, 0.4) is 0 Å². The minimum atomic E-state index is -0.269. The van der Waals surface area contributed by atoms with Gasteiger partial charge in [-0.3, -0.25) is 4.79 Å². The van der Waals surface area contributed by atoms with Gasteiger partial charge in [-0.25, -0.2) is 0 Å². The molecule has 94 valence electrons. The van der Waals surface area contributed by atoms with Crippen molar-refractivity contribution in [2.24, 2.45) is 0 Å². The Morgan fingerprint density at radius 2 is 2.12 bits per heavy atom. The zero-order valence-electron chi connectivity index (χ0n) is 9.96. The van der Waals surface area contributed by atoms with Crippen LogP contribution in [-0.4, -0.2) is 29.5 Å². The molecule has 0 amide bonds. The van der Waals surface area contributed by atoms with E-state index in [2.05, 4.69) is 12.1 Å². The van der Waals surface area contributed by atoms with Crippen molar-refractivity contribution < 1.29 is 14.6 Å². The Morgan fingerprint density at radius 3 is 2.71 bits per heavy atom. The van der Waals surface area contributed by atoms with E-state index in [9.17, 15) is 9.90 Å². The fourth-order valence-electron chi connectivity index (χ4n) is 1.35. The van der Waals surface area contributed by atoms with Gasteiger partial charge in [-0.1, -0.05) is 30.3 Å². The van der Waals surface area contributed by atoms with Gasteiger partial charge in [-0.05, 0) is 12.0 Å². The van der Waals surface area contributed by atoms with Gasteiger partial charge in [-0.15, -0.1) is 0 Å². The highest BCUT2D eigenvalue weighted by Gasteiger charge is 2.08. The van der Waals surface area contributed by atoms with E-state index in [0.717, 1.165) is 5.75 Å². The molecule has 0 aliphatic carbocycles. The van der Waals surface area contributed by atoms with Gasteiger partial charge in [0, 0.05) is 17.9 Å². The molecule has 0 fully saturated rings. The lowest BCUT2D eigenvalue weighted by atomic mass is 10.2. The first-order valence-electron chi connectivity index (χ1n) is 5.62. The van der Waals surface area contributed by atoms with Crippen molar-refractivity contribution in [3.8, 4) is 0 Å². The third-order valence-electron chi connectivity index (χ3n) is 2.28. The Bertz CT molecular complexity index is 327. The molecule has 1 aromatic carbocycles. The number of esters is 1. The first kappa shape index (κ1) is 14.1. The van der Waals surface area contributed by atoms with Crippen LogP contribution in [0.15, 0.2) is 30.3 Å². The van der Waals surface area contributed by atoms with Crippen LogP contribution in [0, 0.1) is 0 Å². The molecule has 0 saturated carbocycles. The van der Waals surface area contributed by atoms with Crippen LogP contribution in [0.2, 0.25) is 0 Å². The highest BCUT2D eigenvalue weighted by molar-refractivity contribution is 7.99. The third-order valence-corrected chi connectivity index (χ3v) is 3.63. The summed E-state index contributed by atoms with van der Waals surface area (Å²) >= 11 is 1.68. The van der Waals surface area contributed by atoms with Crippen LogP contribution >= 0.6 is 11.8 Å². The summed E-state index contributed by atoms with van der Waals surface area (Å²) in [4.78, 5) is 10.6. The average molecular weight is 254 g/mol. The second kappa shape index (κ2) is 8.14. The first-order valence-corrected chi connectivity index (χ1v) is 6.67. The van der Waals surface area contributed by atoms with E-state index in [1.165, 1.54) is 12.5 Å². The second-order valence-corrected chi connectivity index (χ2v) is 5.02. The van der Waals surface area contributed by atoms with Crippen molar-refractivity contribution in [2.75, 3.05) is 13.2 Å². The van der Waals surface area contributed by atoms with Gasteiger partial charge >= 0.3 is 5.97 Å². The Hall–Kier alpha value is -1.00. The standard InChI is InChI=1S/C13H18O3S/c1-11(15)16-8-7-13(9-14)17-10-12-5-3-2-4-6-12/h2-6,13-14H,7-10H2,1H3/t13-/m1/s1. The molecule has 1 atom stereocenters. The van der Waals surface area contributed by atoms with Crippen LogP contribution in [0.1, 0.15) is 18.9 Å². The van der Waals surface area contributed by atoms with Crippen LogP contribution in [-0.2, 0) is 15.3 Å². The number of aliphatic hydroxyl groups excluding tert-OH is 1. The largest absolute Gasteiger partial charge is 0.466 e. The molecule has 3 nitrogen and oxygen atoms in total. The zero-order valence-corrected chi connectivity index (χ0v) is 10.8. The molecule has 0 heterocycles. The average Bonchev–Trinajstić information content (AvgIpc) is 2.34. The summed E-state index contributed by atoms with van der Waals surface area (Å²) in [5, 5.41) is 9.33. The first-order chi connectivity index (χ1) is 8.22. The topological polar surface area (TPSA) is 46.5 Å². The second-order valence-electron chi connectivity index (χ2n) is 3.73. The summed E-state index contributed by atoms with van der Waals surface area (Å²) in [5.74, 6) is 0.598. The number of thioether (sulfide) groups is 1. The molecule has 1 rings (SSSR count). The molecular weight excluding hydrogens is 236 g/mol. The highest BCUT2D eigenvalue weighted by atomic mass is 32.2. The molecule has 0 bridgehead atoms. The summed E-state index contributed by atoms with van der Waals surface area (Å²) in [7, 11) is 0. The summed E-state index contributed by atoms with van der Waals surface area (Å²) in [6.45, 7) is 1.88. The Labute approximate surface area is 106 Å². The maximum atomic E-state index is 10.6. The minimum Gasteiger partial charge on any atom is -0.466 e. The molecular formula is C13H18O3S. The van der Waals surface area contributed by atoms with Gasteiger partial charge in [0.1, 0.15) is 0 Å². The van der Waals surface area contributed by atoms with Crippen molar-refractivity contribution >= 4 is 17.7 Å². The van der Waals surface area contributed by atoms with Gasteiger partial charge in [-0.2, -0.15) is 11.8 Å². The number of aliphatic hydroxyl groups is 1. The molecule has 17 heavy (non-hydrogen) atoms. The summed E-state index contributed by atoms with van der Waals surface area (Å²) in [6, 6.07) is 10.1. The number of ether oxygens (including phenoxy) is 1. The third kappa shape index (κ3) is 6.34. The monoisotopic (exact) mass is 254 g/mol. The Kier molecular flexibility index (Phi) is 6.74. The molecule has 0 unspecified atom stereocenters. The predicted octanol–water partition coefficient (Wildman–Crippen LogP) is 2.23. The van der Waals surface area contributed by atoms with E-state index in [4.69, 9.17) is 4.74 Å². The lowest BCUT2D eigenvalue weighted by Gasteiger charge is -2.13. The number of rotatable bonds is 7. The maximum absolute atomic E-state index is 10.6. The Morgan fingerprint density at radius 1 is 1.41 bits per heavy atom. The molecule has 0 aromatic heterocycles. The molecule has 1 N–H and O–H groups in total. The lowest BCUT2D eigenvalue weighted by molar-refractivity contribution is -0.141. The molecule has 1 aromatic rings. The van der Waals surface area contributed by atoms with Gasteiger partial charge in [0.25, 0.3) is 0 Å². The highest BCUT2D eigenvalue weighted by Crippen LogP contribution is 2.19. The van der Waals surface area contributed by atoms with Gasteiger partial charge in [0.15, 0.2) is 0 Å². The minimum absolute atomic E-state index is 0.110. The molecule has 0 radical (unpaired) electrons. The van der Waals surface area contributed by atoms with Crippen molar-refractivity contribution in [1.29, 1.82) is 0 Å². The number of benzene rings is 1. The lowest BCUT2D eigenvalue weighted by Crippen LogP contribution is -2.13. The van der Waals surface area contributed by atoms with Crippen LogP contribution in [0.25, 0.3) is 0 Å². The Balaban J connectivity index is 2.25. The van der Waals surface area contributed by atoms with Crippen molar-refractivity contribution in [1.82, 2.24) is 0 Å². The fraction of sp³-hybridized carbons (Fsp3) is 0.462. The summed E-state index contributed by atoms with van der Waals surface area (Å²) in [5.41, 5.74) is 1.24. The van der Waals surface area contributed by atoms with E-state index >= 15 is 0 Å². The maximum Gasteiger partial charge on any atom is 0.302 e. The molecule has 0 saturated heterocycles. The quantitative estimate of drug-likeness (QED) is 0.758. The van der Waals surface area contributed by atoms with E-state index in [-0.39, 0.29) is 17.8 Å². The molecule has 0 spiro atoms. The molecule has 0 aliphatic heterocycles. The van der Waals surface area contributed by atoms with Crippen LogP contribution in [0.5, 0.6) is 0 Å². The molecule has 4 heteroatoms. The fourth-order valence-corrected chi connectivity index (χ4v) is 2.34. The summed E-state index contributed by atoms with van der Waals surface area (Å²) in [6.07, 6.45) is 0.688. The number of hydrogen-bond donors (Lipinski definition) is 1. The van der Waals surface area contributed by atoms with Crippen LogP contribution in [0.4, 0.5) is 0 Å². The zero-order chi connectivity index (χ0) is 12.5. The SMILES string of the molecule is CC(=O)OCC[C@H](CO)SCc1ccccc1. The van der Waals surface area contributed by atoms with E-state index in [0.29, 0.717) is 13.0 Å². The number of hydrogen-bond acceptors (Lipinski definition) is 4. The van der Waals surface area contributed by atoms with Crippen molar-refractivity contribution in [2.45, 2.75) is 24.3 Å². The van der Waals surface area contributed by atoms with Gasteiger partial charge < -0.3 is 9.84 Å². The number of carbonyl (C=O) groups excluding carboxylic acids is 1. The molecule has 0 aliphatic rings. The normalized spacial score (nSPS) is 12.1. The van der Waals surface area contributed by atoms with Gasteiger partial charge in [0.05, 0.1) is 13.2 Å². The summed E-state index contributed by atoms with van der Waals surface area (Å²) < 4.78 is 4.86. The van der Waals surface area contributed by atoms with E-state index in [1.54, 1.807) is 11.8 Å². The smallest absolute Gasteiger partial charge is 0.302 e. The van der Waals surface area contributed by atoms with E-state index < -0.39 is 0 Å².